The van der Waals surface area contributed by atoms with Crippen LogP contribution in [0.1, 0.15) is 12.8 Å². The van der Waals surface area contributed by atoms with Gasteiger partial charge in [-0.1, -0.05) is 18.2 Å². The lowest BCUT2D eigenvalue weighted by molar-refractivity contribution is 0.281. The SMILES string of the molecule is IC1=CC=CC2CCC12. The zero-order valence-electron chi connectivity index (χ0n) is 5.18. The zero-order chi connectivity index (χ0) is 6.27. The number of fused-ring (bicyclic) bond motifs is 1. The fourth-order valence-electron chi connectivity index (χ4n) is 1.51. The molecule has 0 spiro atoms. The average Bonchev–Trinajstić information content (AvgIpc) is 1.74. The summed E-state index contributed by atoms with van der Waals surface area (Å²) >= 11 is 2.46. The lowest BCUT2D eigenvalue weighted by Gasteiger charge is -2.36. The van der Waals surface area contributed by atoms with E-state index in [0.29, 0.717) is 0 Å². The van der Waals surface area contributed by atoms with Gasteiger partial charge in [0, 0.05) is 0 Å². The minimum Gasteiger partial charge on any atom is -0.0808 e. The van der Waals surface area contributed by atoms with E-state index in [-0.39, 0.29) is 0 Å². The Bertz CT molecular complexity index is 179. The minimum absolute atomic E-state index is 0.905. The quantitative estimate of drug-likeness (QED) is 0.563. The first-order valence-corrected chi connectivity index (χ1v) is 4.49. The first-order valence-electron chi connectivity index (χ1n) is 3.42. The fourth-order valence-corrected chi connectivity index (χ4v) is 2.49. The summed E-state index contributed by atoms with van der Waals surface area (Å²) in [4.78, 5) is 0. The van der Waals surface area contributed by atoms with Crippen molar-refractivity contribution in [1.29, 1.82) is 0 Å². The van der Waals surface area contributed by atoms with E-state index in [2.05, 4.69) is 40.8 Å². The predicted octanol–water partition coefficient (Wildman–Crippen LogP) is 2.90. The van der Waals surface area contributed by atoms with Crippen molar-refractivity contribution in [2.45, 2.75) is 12.8 Å². The number of halogens is 1. The van der Waals surface area contributed by atoms with Gasteiger partial charge in [-0.05, 0) is 50.8 Å². The van der Waals surface area contributed by atoms with Gasteiger partial charge in [0.2, 0.25) is 0 Å². The van der Waals surface area contributed by atoms with Gasteiger partial charge in [0.1, 0.15) is 0 Å². The smallest absolute Gasteiger partial charge is 0.00406 e. The van der Waals surface area contributed by atoms with E-state index < -0.39 is 0 Å². The Morgan fingerprint density at radius 2 is 2.33 bits per heavy atom. The lowest BCUT2D eigenvalue weighted by atomic mass is 9.72. The Labute approximate surface area is 69.2 Å². The summed E-state index contributed by atoms with van der Waals surface area (Å²) < 4.78 is 1.56. The first kappa shape index (κ1) is 5.96. The third kappa shape index (κ3) is 0.858. The van der Waals surface area contributed by atoms with Crippen LogP contribution in [-0.4, -0.2) is 0 Å². The molecule has 0 bridgehead atoms. The van der Waals surface area contributed by atoms with E-state index >= 15 is 0 Å². The van der Waals surface area contributed by atoms with Gasteiger partial charge in [0.15, 0.2) is 0 Å². The van der Waals surface area contributed by atoms with Crippen LogP contribution >= 0.6 is 22.6 Å². The average molecular weight is 232 g/mol. The lowest BCUT2D eigenvalue weighted by Crippen LogP contribution is -2.25. The monoisotopic (exact) mass is 232 g/mol. The Kier molecular flexibility index (Phi) is 1.40. The maximum atomic E-state index is 2.46. The van der Waals surface area contributed by atoms with Crippen LogP contribution < -0.4 is 0 Å². The highest BCUT2D eigenvalue weighted by atomic mass is 127. The Morgan fingerprint density at radius 1 is 1.44 bits per heavy atom. The van der Waals surface area contributed by atoms with Gasteiger partial charge in [-0.25, -0.2) is 0 Å². The molecule has 0 aliphatic heterocycles. The van der Waals surface area contributed by atoms with Crippen LogP contribution in [0.15, 0.2) is 21.8 Å². The highest BCUT2D eigenvalue weighted by Crippen LogP contribution is 2.44. The van der Waals surface area contributed by atoms with Crippen molar-refractivity contribution in [3.05, 3.63) is 21.8 Å². The molecule has 0 heterocycles. The van der Waals surface area contributed by atoms with Crippen LogP contribution in [0.3, 0.4) is 0 Å². The second kappa shape index (κ2) is 2.11. The van der Waals surface area contributed by atoms with Gasteiger partial charge in [-0.3, -0.25) is 0 Å². The van der Waals surface area contributed by atoms with E-state index in [9.17, 15) is 0 Å². The maximum absolute atomic E-state index is 2.46. The number of hydrogen-bond donors (Lipinski definition) is 0. The predicted molar refractivity (Wildman–Crippen MR) is 47.5 cm³/mol. The van der Waals surface area contributed by atoms with Crippen molar-refractivity contribution < 1.29 is 0 Å². The molecule has 48 valence electrons. The molecule has 1 heteroatoms. The van der Waals surface area contributed by atoms with E-state index in [1.54, 1.807) is 3.58 Å². The zero-order valence-corrected chi connectivity index (χ0v) is 7.34. The third-order valence-corrected chi connectivity index (χ3v) is 3.46. The molecule has 1 fully saturated rings. The molecule has 0 aromatic heterocycles. The van der Waals surface area contributed by atoms with E-state index in [4.69, 9.17) is 0 Å². The molecule has 9 heavy (non-hydrogen) atoms. The second-order valence-corrected chi connectivity index (χ2v) is 4.03. The van der Waals surface area contributed by atoms with Gasteiger partial charge in [0.25, 0.3) is 0 Å². The van der Waals surface area contributed by atoms with Crippen LogP contribution in [0.2, 0.25) is 0 Å². The van der Waals surface area contributed by atoms with Gasteiger partial charge in [-0.15, -0.1) is 0 Å². The first-order chi connectivity index (χ1) is 4.38. The molecule has 2 aliphatic carbocycles. The Hall–Kier alpha value is 0.210. The normalized spacial score (nSPS) is 39.0. The summed E-state index contributed by atoms with van der Waals surface area (Å²) in [5, 5.41) is 0. The summed E-state index contributed by atoms with van der Waals surface area (Å²) in [5.41, 5.74) is 0. The van der Waals surface area contributed by atoms with E-state index in [1.165, 1.54) is 12.8 Å². The summed E-state index contributed by atoms with van der Waals surface area (Å²) in [6, 6.07) is 0. The maximum Gasteiger partial charge on any atom is -0.00406 e. The number of allylic oxidation sites excluding steroid dienone is 4. The molecule has 0 aromatic carbocycles. The van der Waals surface area contributed by atoms with Gasteiger partial charge in [0.05, 0.1) is 0 Å². The number of rotatable bonds is 0. The Balaban J connectivity index is 2.23. The molecule has 2 rings (SSSR count). The van der Waals surface area contributed by atoms with E-state index in [0.717, 1.165) is 11.8 Å². The van der Waals surface area contributed by atoms with Crippen LogP contribution in [0.25, 0.3) is 0 Å². The van der Waals surface area contributed by atoms with Crippen LogP contribution in [0.5, 0.6) is 0 Å². The number of hydrogen-bond acceptors (Lipinski definition) is 0. The molecule has 2 atom stereocenters. The van der Waals surface area contributed by atoms with Gasteiger partial charge in [-0.2, -0.15) is 0 Å². The van der Waals surface area contributed by atoms with Gasteiger partial charge >= 0.3 is 0 Å². The molecular formula is C8H9I. The fraction of sp³-hybridized carbons (Fsp3) is 0.500. The van der Waals surface area contributed by atoms with Crippen LogP contribution in [0.4, 0.5) is 0 Å². The summed E-state index contributed by atoms with van der Waals surface area (Å²) in [6.45, 7) is 0. The van der Waals surface area contributed by atoms with Crippen molar-refractivity contribution in [2.24, 2.45) is 11.8 Å². The molecule has 2 unspecified atom stereocenters. The van der Waals surface area contributed by atoms with E-state index in [1.807, 2.05) is 0 Å². The largest absolute Gasteiger partial charge is 0.0808 e. The summed E-state index contributed by atoms with van der Waals surface area (Å²) in [5.74, 6) is 1.82. The minimum atomic E-state index is 0.905. The molecule has 0 aromatic rings. The van der Waals surface area contributed by atoms with Gasteiger partial charge < -0.3 is 0 Å². The van der Waals surface area contributed by atoms with Crippen molar-refractivity contribution >= 4 is 22.6 Å². The standard InChI is InChI=1S/C8H9I/c9-8-3-1-2-6-4-5-7(6)8/h1-3,6-7H,4-5H2. The van der Waals surface area contributed by atoms with Crippen molar-refractivity contribution in [3.8, 4) is 0 Å². The van der Waals surface area contributed by atoms with Crippen LogP contribution in [-0.2, 0) is 0 Å². The molecule has 0 radical (unpaired) electrons. The molecule has 0 amide bonds. The third-order valence-electron chi connectivity index (χ3n) is 2.30. The molecule has 0 N–H and O–H groups in total. The van der Waals surface area contributed by atoms with Crippen LogP contribution in [0, 0.1) is 11.8 Å². The Morgan fingerprint density at radius 3 is 2.78 bits per heavy atom. The second-order valence-electron chi connectivity index (χ2n) is 2.78. The molecule has 0 nitrogen and oxygen atoms in total. The molecule has 2 aliphatic rings. The highest BCUT2D eigenvalue weighted by molar-refractivity contribution is 14.1. The molecular weight excluding hydrogens is 223 g/mol. The summed E-state index contributed by atoms with van der Waals surface area (Å²) in [7, 11) is 0. The molecule has 1 saturated carbocycles. The summed E-state index contributed by atoms with van der Waals surface area (Å²) in [6.07, 6.45) is 9.62. The molecule has 0 saturated heterocycles. The highest BCUT2D eigenvalue weighted by Gasteiger charge is 2.31. The van der Waals surface area contributed by atoms with Crippen molar-refractivity contribution in [1.82, 2.24) is 0 Å². The van der Waals surface area contributed by atoms with Crippen molar-refractivity contribution in [2.75, 3.05) is 0 Å². The topological polar surface area (TPSA) is 0 Å². The van der Waals surface area contributed by atoms with Crippen molar-refractivity contribution in [3.63, 3.8) is 0 Å².